The van der Waals surface area contributed by atoms with E-state index in [9.17, 15) is 0 Å². The minimum absolute atomic E-state index is 0.396. The first kappa shape index (κ1) is 16.0. The summed E-state index contributed by atoms with van der Waals surface area (Å²) in [6.45, 7) is 6.09. The Morgan fingerprint density at radius 1 is 1.30 bits per heavy atom. The Morgan fingerprint density at radius 3 is 2.83 bits per heavy atom. The number of nitrogens with zero attached hydrogens (tertiary/aromatic N) is 3. The summed E-state index contributed by atoms with van der Waals surface area (Å²) < 4.78 is 2.05. The molecule has 124 valence electrons. The fourth-order valence-corrected chi connectivity index (χ4v) is 3.13. The lowest BCUT2D eigenvalue weighted by Gasteiger charge is -2.28. The maximum absolute atomic E-state index is 4.35. The predicted molar refractivity (Wildman–Crippen MR) is 94.7 cm³/mol. The topological polar surface area (TPSA) is 45.1 Å². The van der Waals surface area contributed by atoms with Gasteiger partial charge in [-0.15, -0.1) is 0 Å². The van der Waals surface area contributed by atoms with Gasteiger partial charge in [-0.3, -0.25) is 0 Å². The van der Waals surface area contributed by atoms with Crippen molar-refractivity contribution in [2.75, 3.05) is 39.0 Å². The monoisotopic (exact) mass is 313 g/mol. The van der Waals surface area contributed by atoms with E-state index in [1.165, 1.54) is 11.1 Å². The molecule has 0 saturated carbocycles. The van der Waals surface area contributed by atoms with Crippen molar-refractivity contribution < 1.29 is 0 Å². The number of benzene rings is 1. The maximum Gasteiger partial charge on any atom is 0.124 e. The summed E-state index contributed by atoms with van der Waals surface area (Å²) in [5.74, 6) is 1.70. The van der Waals surface area contributed by atoms with Crippen molar-refractivity contribution in [3.63, 3.8) is 0 Å². The van der Waals surface area contributed by atoms with Crippen LogP contribution < -0.4 is 10.6 Å². The van der Waals surface area contributed by atoms with Crippen LogP contribution in [-0.4, -0.2) is 48.4 Å². The maximum atomic E-state index is 4.35. The summed E-state index contributed by atoms with van der Waals surface area (Å²) in [4.78, 5) is 2.28. The van der Waals surface area contributed by atoms with Crippen LogP contribution in [-0.2, 0) is 6.54 Å². The number of aryl methyl sites for hydroxylation is 1. The molecule has 1 aliphatic rings. The Labute approximate surface area is 138 Å². The van der Waals surface area contributed by atoms with Crippen LogP contribution in [0, 0.1) is 12.8 Å². The quantitative estimate of drug-likeness (QED) is 0.857. The molecule has 0 unspecified atom stereocenters. The van der Waals surface area contributed by atoms with Crippen molar-refractivity contribution in [3.05, 3.63) is 47.7 Å². The zero-order valence-corrected chi connectivity index (χ0v) is 14.3. The van der Waals surface area contributed by atoms with Crippen molar-refractivity contribution in [1.82, 2.24) is 20.0 Å². The van der Waals surface area contributed by atoms with Crippen LogP contribution in [0.25, 0.3) is 0 Å². The lowest BCUT2D eigenvalue weighted by Crippen LogP contribution is -2.38. The Morgan fingerprint density at radius 2 is 2.09 bits per heavy atom. The number of hydrogen-bond acceptors (Lipinski definition) is 4. The molecule has 0 spiro atoms. The molecule has 5 heteroatoms. The van der Waals surface area contributed by atoms with Gasteiger partial charge in [0.25, 0.3) is 0 Å². The fraction of sp³-hybridized carbons (Fsp3) is 0.500. The average molecular weight is 313 g/mol. The van der Waals surface area contributed by atoms with Crippen LogP contribution >= 0.6 is 0 Å². The van der Waals surface area contributed by atoms with E-state index < -0.39 is 0 Å². The van der Waals surface area contributed by atoms with Gasteiger partial charge < -0.3 is 15.5 Å². The van der Waals surface area contributed by atoms with Crippen LogP contribution in [0.1, 0.15) is 17.2 Å². The average Bonchev–Trinajstić information content (AvgIpc) is 3.00. The molecule has 2 heterocycles. The molecular weight excluding hydrogens is 286 g/mol. The second kappa shape index (κ2) is 7.15. The molecule has 0 bridgehead atoms. The van der Waals surface area contributed by atoms with Crippen LogP contribution in [0.15, 0.2) is 36.5 Å². The van der Waals surface area contributed by atoms with Crippen LogP contribution in [0.3, 0.4) is 0 Å². The molecule has 2 N–H and O–H groups in total. The lowest BCUT2D eigenvalue weighted by molar-refractivity contribution is 0.279. The Hall–Kier alpha value is -1.85. The molecule has 0 amide bonds. The third-order valence-electron chi connectivity index (χ3n) is 4.58. The van der Waals surface area contributed by atoms with E-state index in [2.05, 4.69) is 70.6 Å². The molecule has 2 aromatic rings. The largest absolute Gasteiger partial charge is 0.370 e. The van der Waals surface area contributed by atoms with E-state index in [0.717, 1.165) is 32.0 Å². The van der Waals surface area contributed by atoms with Gasteiger partial charge >= 0.3 is 0 Å². The van der Waals surface area contributed by atoms with E-state index >= 15 is 0 Å². The number of fused-ring (bicyclic) bond motifs is 1. The van der Waals surface area contributed by atoms with Gasteiger partial charge in [0.15, 0.2) is 0 Å². The van der Waals surface area contributed by atoms with Crippen LogP contribution in [0.4, 0.5) is 5.82 Å². The number of nitrogens with one attached hydrogen (secondary N) is 2. The number of likely N-dealkylation sites (N-methyl/N-ethyl adjacent to an activating group) is 1. The molecule has 0 saturated heterocycles. The summed E-state index contributed by atoms with van der Waals surface area (Å²) in [6, 6.07) is 11.3. The van der Waals surface area contributed by atoms with Crippen LogP contribution in [0.5, 0.6) is 0 Å². The van der Waals surface area contributed by atoms with E-state index in [1.807, 2.05) is 12.3 Å². The van der Waals surface area contributed by atoms with Crippen LogP contribution in [0.2, 0.25) is 0 Å². The first-order valence-electron chi connectivity index (χ1n) is 8.33. The zero-order chi connectivity index (χ0) is 16.2. The molecule has 1 aliphatic heterocycles. The Kier molecular flexibility index (Phi) is 4.98. The molecule has 3 rings (SSSR count). The molecule has 5 nitrogen and oxygen atoms in total. The minimum atomic E-state index is 0.396. The third-order valence-corrected chi connectivity index (χ3v) is 4.58. The fourth-order valence-electron chi connectivity index (χ4n) is 3.13. The molecule has 1 aromatic carbocycles. The smallest absolute Gasteiger partial charge is 0.124 e. The van der Waals surface area contributed by atoms with Gasteiger partial charge in [-0.1, -0.05) is 29.8 Å². The second-order valence-electron chi connectivity index (χ2n) is 6.69. The van der Waals surface area contributed by atoms with Gasteiger partial charge in [-0.05, 0) is 26.6 Å². The minimum Gasteiger partial charge on any atom is -0.370 e. The molecule has 0 radical (unpaired) electrons. The van der Waals surface area contributed by atoms with E-state index in [4.69, 9.17) is 0 Å². The first-order valence-corrected chi connectivity index (χ1v) is 8.33. The normalized spacial score (nSPS) is 18.5. The van der Waals surface area contributed by atoms with Gasteiger partial charge in [0.1, 0.15) is 5.82 Å². The summed E-state index contributed by atoms with van der Waals surface area (Å²) >= 11 is 0. The van der Waals surface area contributed by atoms with Crippen molar-refractivity contribution in [1.29, 1.82) is 0 Å². The Balaban J connectivity index is 1.53. The van der Waals surface area contributed by atoms with Crippen molar-refractivity contribution in [2.24, 2.45) is 5.92 Å². The van der Waals surface area contributed by atoms with E-state index in [0.29, 0.717) is 12.0 Å². The molecule has 0 aliphatic carbocycles. The van der Waals surface area contributed by atoms with Gasteiger partial charge in [0.2, 0.25) is 0 Å². The summed E-state index contributed by atoms with van der Waals surface area (Å²) in [6.07, 6.45) is 1.86. The number of hydrogen-bond donors (Lipinski definition) is 2. The van der Waals surface area contributed by atoms with Crippen molar-refractivity contribution >= 4 is 5.82 Å². The van der Waals surface area contributed by atoms with Crippen molar-refractivity contribution in [3.8, 4) is 0 Å². The highest BCUT2D eigenvalue weighted by Gasteiger charge is 2.19. The van der Waals surface area contributed by atoms with E-state index in [-0.39, 0.29) is 0 Å². The van der Waals surface area contributed by atoms with Gasteiger partial charge in [0, 0.05) is 44.2 Å². The molecule has 1 aromatic heterocycles. The summed E-state index contributed by atoms with van der Waals surface area (Å²) in [7, 11) is 4.29. The summed E-state index contributed by atoms with van der Waals surface area (Å²) in [5.41, 5.74) is 2.67. The van der Waals surface area contributed by atoms with Gasteiger partial charge in [-0.25, -0.2) is 4.68 Å². The highest BCUT2D eigenvalue weighted by atomic mass is 15.3. The number of aromatic nitrogens is 2. The zero-order valence-electron chi connectivity index (χ0n) is 14.3. The highest BCUT2D eigenvalue weighted by Crippen LogP contribution is 2.19. The molecule has 2 atom stereocenters. The molecule has 0 fully saturated rings. The SMILES string of the molecule is Cc1ccc([C@@H](CNC[C@@H]2CNc3ccnn3C2)N(C)C)cc1. The highest BCUT2D eigenvalue weighted by molar-refractivity contribution is 5.35. The number of anilines is 1. The predicted octanol–water partition coefficient (Wildman–Crippen LogP) is 2.13. The lowest BCUT2D eigenvalue weighted by atomic mass is 10.0. The third kappa shape index (κ3) is 3.92. The van der Waals surface area contributed by atoms with E-state index in [1.54, 1.807) is 0 Å². The molecular formula is C18H27N5. The van der Waals surface area contributed by atoms with Gasteiger partial charge in [-0.2, -0.15) is 5.10 Å². The molecule has 23 heavy (non-hydrogen) atoms. The number of rotatable bonds is 6. The standard InChI is InChI=1S/C18H27N5/c1-14-4-6-16(7-5-14)17(22(2)3)12-19-10-15-11-20-18-8-9-21-23(18)13-15/h4-9,15,17,19-20H,10-13H2,1-3H3/t15-,17-/m1/s1. The van der Waals surface area contributed by atoms with Crippen molar-refractivity contribution in [2.45, 2.75) is 19.5 Å². The first-order chi connectivity index (χ1) is 11.1. The Bertz CT molecular complexity index is 617. The van der Waals surface area contributed by atoms with Gasteiger partial charge in [0.05, 0.1) is 6.20 Å². The second-order valence-corrected chi connectivity index (χ2v) is 6.69. The summed E-state index contributed by atoms with van der Waals surface area (Å²) in [5, 5.41) is 11.4.